The fourth-order valence-corrected chi connectivity index (χ4v) is 3.92. The van der Waals surface area contributed by atoms with Gasteiger partial charge in [-0.1, -0.05) is 12.2 Å². The van der Waals surface area contributed by atoms with Gasteiger partial charge in [0, 0.05) is 6.61 Å². The van der Waals surface area contributed by atoms with Crippen LogP contribution >= 0.6 is 0 Å². The minimum absolute atomic E-state index is 0.417. The summed E-state index contributed by atoms with van der Waals surface area (Å²) >= 11 is 0. The van der Waals surface area contributed by atoms with E-state index in [0.29, 0.717) is 12.5 Å². The van der Waals surface area contributed by atoms with E-state index >= 15 is 0 Å². The van der Waals surface area contributed by atoms with Gasteiger partial charge in [-0.25, -0.2) is 0 Å². The van der Waals surface area contributed by atoms with Crippen LogP contribution in [0, 0.1) is 23.7 Å². The van der Waals surface area contributed by atoms with Gasteiger partial charge < -0.3 is 5.11 Å². The molecule has 0 bridgehead atoms. The normalized spacial score (nSPS) is 39.6. The fraction of sp³-hybridized carbons (Fsp3) is 0.875. The van der Waals surface area contributed by atoms with Gasteiger partial charge in [0.05, 0.1) is 0 Å². The molecule has 0 aromatic carbocycles. The van der Waals surface area contributed by atoms with Crippen LogP contribution in [-0.2, 0) is 0 Å². The summed E-state index contributed by atoms with van der Waals surface area (Å²) in [7, 11) is 0. The van der Waals surface area contributed by atoms with Crippen molar-refractivity contribution >= 4 is 0 Å². The molecule has 2 aliphatic carbocycles. The molecular formula is C16H28O. The van der Waals surface area contributed by atoms with E-state index in [1.165, 1.54) is 51.4 Å². The zero-order valence-electron chi connectivity index (χ0n) is 11.3. The molecular weight excluding hydrogens is 208 g/mol. The van der Waals surface area contributed by atoms with Crippen LogP contribution in [0.3, 0.4) is 0 Å². The molecule has 0 atom stereocenters. The standard InChI is InChI=1S/C16H28O/c1-2-3-13-4-8-15(9-5-13)16-10-6-14(12-17)7-11-16/h2-3,13-17H,4-12H2,1H3/t13-,14-,15-,16-. The molecule has 0 heterocycles. The Morgan fingerprint density at radius 2 is 1.41 bits per heavy atom. The number of aliphatic hydroxyl groups is 1. The molecule has 0 amide bonds. The van der Waals surface area contributed by atoms with Crippen LogP contribution in [0.2, 0.25) is 0 Å². The number of aliphatic hydroxyl groups excluding tert-OH is 1. The molecule has 1 nitrogen and oxygen atoms in total. The van der Waals surface area contributed by atoms with Crippen molar-refractivity contribution in [2.24, 2.45) is 23.7 Å². The first-order chi connectivity index (χ1) is 8.33. The van der Waals surface area contributed by atoms with Gasteiger partial charge in [0.25, 0.3) is 0 Å². The van der Waals surface area contributed by atoms with Gasteiger partial charge in [-0.3, -0.25) is 0 Å². The van der Waals surface area contributed by atoms with E-state index in [0.717, 1.165) is 17.8 Å². The van der Waals surface area contributed by atoms with Gasteiger partial charge >= 0.3 is 0 Å². The predicted molar refractivity (Wildman–Crippen MR) is 72.8 cm³/mol. The van der Waals surface area contributed by atoms with Crippen molar-refractivity contribution in [1.82, 2.24) is 0 Å². The second-order valence-corrected chi connectivity index (χ2v) is 6.16. The molecule has 1 N–H and O–H groups in total. The lowest BCUT2D eigenvalue weighted by atomic mass is 9.69. The van der Waals surface area contributed by atoms with E-state index in [4.69, 9.17) is 0 Å². The Bertz CT molecular complexity index is 230. The second kappa shape index (κ2) is 6.58. The Morgan fingerprint density at radius 3 is 1.88 bits per heavy atom. The number of allylic oxidation sites excluding steroid dienone is 2. The average Bonchev–Trinajstić information content (AvgIpc) is 2.40. The maximum Gasteiger partial charge on any atom is 0.0459 e. The van der Waals surface area contributed by atoms with Crippen LogP contribution in [0.25, 0.3) is 0 Å². The van der Waals surface area contributed by atoms with Gasteiger partial charge in [0.2, 0.25) is 0 Å². The molecule has 0 unspecified atom stereocenters. The van der Waals surface area contributed by atoms with Gasteiger partial charge in [-0.15, -0.1) is 0 Å². The summed E-state index contributed by atoms with van der Waals surface area (Å²) in [5.41, 5.74) is 0. The largest absolute Gasteiger partial charge is 0.396 e. The summed E-state index contributed by atoms with van der Waals surface area (Å²) in [5.74, 6) is 3.45. The minimum Gasteiger partial charge on any atom is -0.396 e. The highest BCUT2D eigenvalue weighted by Gasteiger charge is 2.29. The molecule has 2 saturated carbocycles. The lowest BCUT2D eigenvalue weighted by Gasteiger charge is -2.37. The van der Waals surface area contributed by atoms with Gasteiger partial charge in [0.1, 0.15) is 0 Å². The number of rotatable bonds is 3. The lowest BCUT2D eigenvalue weighted by Crippen LogP contribution is -2.26. The van der Waals surface area contributed by atoms with E-state index in [-0.39, 0.29) is 0 Å². The van der Waals surface area contributed by atoms with Crippen molar-refractivity contribution in [3.63, 3.8) is 0 Å². The van der Waals surface area contributed by atoms with Crippen LogP contribution in [-0.4, -0.2) is 11.7 Å². The van der Waals surface area contributed by atoms with Crippen molar-refractivity contribution < 1.29 is 5.11 Å². The van der Waals surface area contributed by atoms with E-state index in [9.17, 15) is 5.11 Å². The van der Waals surface area contributed by atoms with Crippen LogP contribution in [0.5, 0.6) is 0 Å². The molecule has 2 rings (SSSR count). The number of hydrogen-bond acceptors (Lipinski definition) is 1. The maximum absolute atomic E-state index is 9.17. The molecule has 0 spiro atoms. The third-order valence-electron chi connectivity index (χ3n) is 5.10. The van der Waals surface area contributed by atoms with Crippen LogP contribution in [0.15, 0.2) is 12.2 Å². The summed E-state index contributed by atoms with van der Waals surface area (Å²) < 4.78 is 0. The first-order valence-electron chi connectivity index (χ1n) is 7.57. The average molecular weight is 236 g/mol. The third-order valence-corrected chi connectivity index (χ3v) is 5.10. The highest BCUT2D eigenvalue weighted by molar-refractivity contribution is 4.90. The molecule has 98 valence electrons. The Hall–Kier alpha value is -0.300. The summed E-state index contributed by atoms with van der Waals surface area (Å²) in [6.07, 6.45) is 15.6. The first kappa shape index (κ1) is 13.1. The van der Waals surface area contributed by atoms with Gasteiger partial charge in [-0.05, 0) is 82.0 Å². The zero-order valence-corrected chi connectivity index (χ0v) is 11.3. The van der Waals surface area contributed by atoms with E-state index < -0.39 is 0 Å². The Balaban J connectivity index is 1.74. The highest BCUT2D eigenvalue weighted by Crippen LogP contribution is 2.41. The predicted octanol–water partition coefficient (Wildman–Crippen LogP) is 4.17. The monoisotopic (exact) mass is 236 g/mol. The molecule has 0 aromatic heterocycles. The van der Waals surface area contributed by atoms with E-state index in [1.807, 2.05) is 0 Å². The summed E-state index contributed by atoms with van der Waals surface area (Å²) in [6, 6.07) is 0. The van der Waals surface area contributed by atoms with Crippen LogP contribution in [0.4, 0.5) is 0 Å². The van der Waals surface area contributed by atoms with Crippen molar-refractivity contribution in [2.45, 2.75) is 58.3 Å². The maximum atomic E-state index is 9.17. The smallest absolute Gasteiger partial charge is 0.0459 e. The molecule has 17 heavy (non-hydrogen) atoms. The van der Waals surface area contributed by atoms with E-state index in [2.05, 4.69) is 19.1 Å². The molecule has 0 aliphatic heterocycles. The second-order valence-electron chi connectivity index (χ2n) is 6.16. The Kier molecular flexibility index (Phi) is 5.09. The van der Waals surface area contributed by atoms with Crippen LogP contribution in [0.1, 0.15) is 58.3 Å². The van der Waals surface area contributed by atoms with Crippen molar-refractivity contribution in [3.05, 3.63) is 12.2 Å². The molecule has 1 heteroatoms. The highest BCUT2D eigenvalue weighted by atomic mass is 16.3. The van der Waals surface area contributed by atoms with Crippen LogP contribution < -0.4 is 0 Å². The summed E-state index contributed by atoms with van der Waals surface area (Å²) in [5, 5.41) is 9.17. The SMILES string of the molecule is CC=C[C@H]1CC[C@H]([C@H]2CC[C@H](CO)CC2)CC1. The van der Waals surface area contributed by atoms with E-state index in [1.54, 1.807) is 0 Å². The summed E-state index contributed by atoms with van der Waals surface area (Å²) in [6.45, 7) is 2.56. The molecule has 0 radical (unpaired) electrons. The summed E-state index contributed by atoms with van der Waals surface area (Å²) in [4.78, 5) is 0. The quantitative estimate of drug-likeness (QED) is 0.729. The van der Waals surface area contributed by atoms with Gasteiger partial charge in [0.15, 0.2) is 0 Å². The van der Waals surface area contributed by atoms with Crippen molar-refractivity contribution in [3.8, 4) is 0 Å². The Morgan fingerprint density at radius 1 is 0.882 bits per heavy atom. The molecule has 2 aliphatic rings. The first-order valence-corrected chi connectivity index (χ1v) is 7.57. The van der Waals surface area contributed by atoms with Crippen molar-refractivity contribution in [2.75, 3.05) is 6.61 Å². The van der Waals surface area contributed by atoms with Gasteiger partial charge in [-0.2, -0.15) is 0 Å². The topological polar surface area (TPSA) is 20.2 Å². The number of hydrogen-bond donors (Lipinski definition) is 1. The fourth-order valence-electron chi connectivity index (χ4n) is 3.92. The zero-order chi connectivity index (χ0) is 12.1. The molecule has 2 fully saturated rings. The third kappa shape index (κ3) is 3.58. The molecule has 0 saturated heterocycles. The van der Waals surface area contributed by atoms with Crippen molar-refractivity contribution in [1.29, 1.82) is 0 Å². The molecule has 0 aromatic rings. The lowest BCUT2D eigenvalue weighted by molar-refractivity contribution is 0.122. The minimum atomic E-state index is 0.417. The Labute approximate surface area is 106 Å².